The molecule has 1 aliphatic carbocycles. The molecule has 0 aliphatic heterocycles. The molecular weight excluding hydrogens is 534 g/mol. The number of aryl methyl sites for hydroxylation is 1. The van der Waals surface area contributed by atoms with Gasteiger partial charge in [0.25, 0.3) is 5.91 Å². The van der Waals surface area contributed by atoms with E-state index >= 15 is 0 Å². The summed E-state index contributed by atoms with van der Waals surface area (Å²) >= 11 is 1.55. The number of carboxylic acid groups (broad SMARTS) is 1. The number of hydrogen-bond donors (Lipinski definition) is 2. The number of ether oxygens (including phenoxy) is 1. The van der Waals surface area contributed by atoms with Crippen LogP contribution in [0.2, 0.25) is 0 Å². The monoisotopic (exact) mass is 581 g/mol. The third kappa shape index (κ3) is 10.2. The number of thioether (sulfide) groups is 1. The third-order valence-electron chi connectivity index (χ3n) is 7.85. The molecule has 0 radical (unpaired) electrons. The van der Waals surface area contributed by atoms with Crippen molar-refractivity contribution in [2.75, 3.05) is 12.0 Å². The Balaban J connectivity index is 1.93. The lowest BCUT2D eigenvalue weighted by Crippen LogP contribution is -2.41. The minimum absolute atomic E-state index is 0.175. The van der Waals surface area contributed by atoms with Gasteiger partial charge in [-0.05, 0) is 99.6 Å². The summed E-state index contributed by atoms with van der Waals surface area (Å²) in [5.74, 6) is -0.609. The molecule has 41 heavy (non-hydrogen) atoms. The van der Waals surface area contributed by atoms with Crippen LogP contribution in [-0.2, 0) is 20.7 Å². The highest BCUT2D eigenvalue weighted by Crippen LogP contribution is 2.32. The Morgan fingerprint density at radius 1 is 1.02 bits per heavy atom. The quantitative estimate of drug-likeness (QED) is 0.239. The Labute approximate surface area is 250 Å². The van der Waals surface area contributed by atoms with Crippen LogP contribution in [0.4, 0.5) is 0 Å². The molecule has 0 spiro atoms. The molecule has 1 unspecified atom stereocenters. The summed E-state index contributed by atoms with van der Waals surface area (Å²) in [6.45, 7) is 7.69. The number of rotatable bonds is 13. The molecule has 0 aromatic heterocycles. The maximum atomic E-state index is 13.4. The summed E-state index contributed by atoms with van der Waals surface area (Å²) in [6, 6.07) is 12.6. The fourth-order valence-electron chi connectivity index (χ4n) is 5.63. The summed E-state index contributed by atoms with van der Waals surface area (Å²) < 4.78 is 5.85. The average molecular weight is 582 g/mol. The highest BCUT2D eigenvalue weighted by Gasteiger charge is 2.28. The van der Waals surface area contributed by atoms with Crippen LogP contribution >= 0.6 is 11.8 Å². The van der Waals surface area contributed by atoms with Gasteiger partial charge in [-0.25, -0.2) is 4.79 Å². The van der Waals surface area contributed by atoms with Gasteiger partial charge in [-0.2, -0.15) is 11.8 Å². The van der Waals surface area contributed by atoms with Crippen molar-refractivity contribution in [1.82, 2.24) is 5.32 Å². The Morgan fingerprint density at radius 3 is 2.37 bits per heavy atom. The van der Waals surface area contributed by atoms with Crippen molar-refractivity contribution in [2.24, 2.45) is 11.8 Å². The molecule has 3 rings (SSSR count). The molecule has 6 nitrogen and oxygen atoms in total. The first-order chi connectivity index (χ1) is 19.5. The van der Waals surface area contributed by atoms with Crippen molar-refractivity contribution in [2.45, 2.75) is 97.1 Å². The maximum absolute atomic E-state index is 13.4. The molecule has 224 valence electrons. The number of carboxylic acids is 1. The fourth-order valence-corrected chi connectivity index (χ4v) is 6.10. The van der Waals surface area contributed by atoms with Gasteiger partial charge in [-0.1, -0.05) is 68.5 Å². The number of esters is 1. The first-order valence-corrected chi connectivity index (χ1v) is 16.3. The predicted octanol–water partition coefficient (Wildman–Crippen LogP) is 7.46. The van der Waals surface area contributed by atoms with Crippen LogP contribution in [0.1, 0.15) is 93.6 Å². The lowest BCUT2D eigenvalue weighted by Gasteiger charge is -2.27. The van der Waals surface area contributed by atoms with Gasteiger partial charge in [0.1, 0.15) is 11.6 Å². The van der Waals surface area contributed by atoms with Gasteiger partial charge in [-0.15, -0.1) is 0 Å². The standard InChI is InChI=1S/C34H47NO5S/c1-23-11-9-10-14-27(23)29-22-25(16-18-28(29)31(36)35-30(32(37)38)19-20-41-5)21-26(33(39)40-34(2,3)4)17-15-24-12-7-6-8-13-24/h9-11,14,16,18,22,24,26,30H,6-8,12-13,15,17,19-21H2,1-5H3,(H,35,36)(H,37,38)/t26?,30-/m0/s1. The van der Waals surface area contributed by atoms with E-state index < -0.39 is 23.5 Å². The minimum atomic E-state index is -1.04. The second-order valence-corrected chi connectivity index (χ2v) is 13.3. The van der Waals surface area contributed by atoms with Crippen LogP contribution < -0.4 is 5.32 Å². The first-order valence-electron chi connectivity index (χ1n) is 14.9. The van der Waals surface area contributed by atoms with Gasteiger partial charge in [0.15, 0.2) is 0 Å². The topological polar surface area (TPSA) is 92.7 Å². The molecule has 1 saturated carbocycles. The van der Waals surface area contributed by atoms with E-state index in [9.17, 15) is 19.5 Å². The molecule has 2 atom stereocenters. The number of nitrogens with one attached hydrogen (secondary N) is 1. The summed E-state index contributed by atoms with van der Waals surface area (Å²) in [7, 11) is 0. The van der Waals surface area contributed by atoms with Gasteiger partial charge in [0.05, 0.1) is 5.92 Å². The van der Waals surface area contributed by atoms with Crippen molar-refractivity contribution < 1.29 is 24.2 Å². The first kappa shape index (κ1) is 32.7. The molecular formula is C34H47NO5S. The average Bonchev–Trinajstić information content (AvgIpc) is 2.92. The predicted molar refractivity (Wildman–Crippen MR) is 167 cm³/mol. The van der Waals surface area contributed by atoms with Crippen LogP contribution in [0.3, 0.4) is 0 Å². The molecule has 7 heteroatoms. The minimum Gasteiger partial charge on any atom is -0.480 e. The summed E-state index contributed by atoms with van der Waals surface area (Å²) in [6.07, 6.45) is 10.9. The van der Waals surface area contributed by atoms with Gasteiger partial charge < -0.3 is 15.2 Å². The molecule has 2 N–H and O–H groups in total. The van der Waals surface area contributed by atoms with Crippen LogP contribution in [0.5, 0.6) is 0 Å². The van der Waals surface area contributed by atoms with Crippen LogP contribution in [0.15, 0.2) is 42.5 Å². The highest BCUT2D eigenvalue weighted by atomic mass is 32.2. The van der Waals surface area contributed by atoms with Gasteiger partial charge in [0.2, 0.25) is 0 Å². The number of hydrogen-bond acceptors (Lipinski definition) is 5. The van der Waals surface area contributed by atoms with E-state index in [0.717, 1.165) is 35.1 Å². The van der Waals surface area contributed by atoms with E-state index in [0.29, 0.717) is 30.1 Å². The van der Waals surface area contributed by atoms with Crippen molar-refractivity contribution in [1.29, 1.82) is 0 Å². The number of aliphatic carboxylic acids is 1. The van der Waals surface area contributed by atoms with Crippen molar-refractivity contribution >= 4 is 29.6 Å². The SMILES string of the molecule is CSCC[C@H](NC(=O)c1ccc(CC(CCC2CCCCC2)C(=O)OC(C)(C)C)cc1-c1ccccc1C)C(=O)O. The molecule has 1 aliphatic rings. The smallest absolute Gasteiger partial charge is 0.326 e. The van der Waals surface area contributed by atoms with E-state index in [1.807, 2.05) is 70.3 Å². The van der Waals surface area contributed by atoms with Crippen LogP contribution in [0.25, 0.3) is 11.1 Å². The van der Waals surface area contributed by atoms with E-state index in [2.05, 4.69) is 5.32 Å². The zero-order valence-corrected chi connectivity index (χ0v) is 26.1. The second kappa shape index (κ2) is 15.4. The zero-order valence-electron chi connectivity index (χ0n) is 25.3. The number of amides is 1. The molecule has 0 saturated heterocycles. The molecule has 1 amide bonds. The van der Waals surface area contributed by atoms with Crippen LogP contribution in [0, 0.1) is 18.8 Å². The highest BCUT2D eigenvalue weighted by molar-refractivity contribution is 7.98. The second-order valence-electron chi connectivity index (χ2n) is 12.4. The number of carbonyl (C=O) groups excluding carboxylic acids is 2. The van der Waals surface area contributed by atoms with Crippen LogP contribution in [-0.4, -0.2) is 46.6 Å². The Bertz CT molecular complexity index is 1180. The third-order valence-corrected chi connectivity index (χ3v) is 8.49. The number of carbonyl (C=O) groups is 3. The normalized spacial score (nSPS) is 15.6. The van der Waals surface area contributed by atoms with E-state index in [1.54, 1.807) is 17.8 Å². The summed E-state index contributed by atoms with van der Waals surface area (Å²) in [4.78, 5) is 38.6. The van der Waals surface area contributed by atoms with Gasteiger partial charge in [0, 0.05) is 5.56 Å². The Kier molecular flexibility index (Phi) is 12.3. The Morgan fingerprint density at radius 2 is 1.73 bits per heavy atom. The van der Waals surface area contributed by atoms with Crippen molar-refractivity contribution in [3.05, 3.63) is 59.2 Å². The molecule has 1 fully saturated rings. The Hall–Kier alpha value is -2.80. The van der Waals surface area contributed by atoms with Crippen molar-refractivity contribution in [3.63, 3.8) is 0 Å². The van der Waals surface area contributed by atoms with E-state index in [1.165, 1.54) is 32.1 Å². The van der Waals surface area contributed by atoms with Crippen molar-refractivity contribution in [3.8, 4) is 11.1 Å². The summed E-state index contributed by atoms with van der Waals surface area (Å²) in [5.41, 5.74) is 3.47. The maximum Gasteiger partial charge on any atom is 0.326 e. The fraction of sp³-hybridized carbons (Fsp3) is 0.559. The van der Waals surface area contributed by atoms with E-state index in [-0.39, 0.29) is 11.9 Å². The molecule has 2 aromatic rings. The zero-order chi connectivity index (χ0) is 30.0. The number of benzene rings is 2. The lowest BCUT2D eigenvalue weighted by molar-refractivity contribution is -0.160. The lowest BCUT2D eigenvalue weighted by atomic mass is 9.82. The molecule has 2 aromatic carbocycles. The largest absolute Gasteiger partial charge is 0.480 e. The van der Waals surface area contributed by atoms with Gasteiger partial charge in [-0.3, -0.25) is 9.59 Å². The molecule has 0 bridgehead atoms. The molecule has 0 heterocycles. The van der Waals surface area contributed by atoms with E-state index in [4.69, 9.17) is 4.74 Å². The van der Waals surface area contributed by atoms with Gasteiger partial charge >= 0.3 is 11.9 Å². The summed E-state index contributed by atoms with van der Waals surface area (Å²) in [5, 5.41) is 12.4.